The van der Waals surface area contributed by atoms with Gasteiger partial charge < -0.3 is 4.98 Å². The molecule has 2 aromatic heterocycles. The lowest BCUT2D eigenvalue weighted by atomic mass is 10.0. The van der Waals surface area contributed by atoms with Gasteiger partial charge in [0.25, 0.3) is 0 Å². The molecule has 6 heteroatoms. The van der Waals surface area contributed by atoms with Crippen molar-refractivity contribution in [1.82, 2.24) is 9.97 Å². The lowest BCUT2D eigenvalue weighted by Crippen LogP contribution is -2.01. The standard InChI is InChI=1S/C14H7BrCl2N2O/c15-7-3-9-11(6-19-14(9)18-5-7)13(20)10-4-8(16)1-2-12(10)17/h1-6H,(H,18,19). The Kier molecular flexibility index (Phi) is 3.54. The predicted octanol–water partition coefficient (Wildman–Crippen LogP) is 4.86. The van der Waals surface area contributed by atoms with Gasteiger partial charge in [-0.1, -0.05) is 23.2 Å². The van der Waals surface area contributed by atoms with Gasteiger partial charge in [0.2, 0.25) is 0 Å². The van der Waals surface area contributed by atoms with Crippen LogP contribution in [0.4, 0.5) is 0 Å². The van der Waals surface area contributed by atoms with Crippen LogP contribution in [0.2, 0.25) is 10.0 Å². The van der Waals surface area contributed by atoms with Crippen molar-refractivity contribution >= 4 is 55.9 Å². The van der Waals surface area contributed by atoms with Crippen molar-refractivity contribution in [3.63, 3.8) is 0 Å². The second-order valence-corrected chi connectivity index (χ2v) is 5.96. The fraction of sp³-hybridized carbons (Fsp3) is 0. The minimum atomic E-state index is -0.191. The van der Waals surface area contributed by atoms with E-state index in [0.29, 0.717) is 26.8 Å². The van der Waals surface area contributed by atoms with Gasteiger partial charge in [-0.2, -0.15) is 0 Å². The van der Waals surface area contributed by atoms with Gasteiger partial charge in [0, 0.05) is 38.4 Å². The highest BCUT2D eigenvalue weighted by Gasteiger charge is 2.18. The van der Waals surface area contributed by atoms with E-state index in [4.69, 9.17) is 23.2 Å². The van der Waals surface area contributed by atoms with Gasteiger partial charge in [0.05, 0.1) is 5.02 Å². The van der Waals surface area contributed by atoms with Gasteiger partial charge in [0.15, 0.2) is 5.78 Å². The Morgan fingerprint density at radius 1 is 1.20 bits per heavy atom. The average Bonchev–Trinajstić information content (AvgIpc) is 2.83. The van der Waals surface area contributed by atoms with E-state index in [2.05, 4.69) is 25.9 Å². The number of H-pyrrole nitrogens is 1. The van der Waals surface area contributed by atoms with E-state index >= 15 is 0 Å². The summed E-state index contributed by atoms with van der Waals surface area (Å²) in [4.78, 5) is 19.8. The molecule has 0 saturated heterocycles. The van der Waals surface area contributed by atoms with E-state index in [9.17, 15) is 4.79 Å². The molecule has 0 aliphatic carbocycles. The van der Waals surface area contributed by atoms with Gasteiger partial charge >= 0.3 is 0 Å². The smallest absolute Gasteiger partial charge is 0.196 e. The van der Waals surface area contributed by atoms with Crippen molar-refractivity contribution in [2.75, 3.05) is 0 Å². The molecule has 1 N–H and O–H groups in total. The van der Waals surface area contributed by atoms with Crippen LogP contribution in [-0.4, -0.2) is 15.8 Å². The zero-order valence-electron chi connectivity index (χ0n) is 9.95. The Morgan fingerprint density at radius 2 is 2.00 bits per heavy atom. The number of ketones is 1. The minimum Gasteiger partial charge on any atom is -0.345 e. The molecule has 0 aliphatic heterocycles. The van der Waals surface area contributed by atoms with Gasteiger partial charge in [-0.25, -0.2) is 4.98 Å². The third kappa shape index (κ3) is 2.35. The molecule has 0 atom stereocenters. The van der Waals surface area contributed by atoms with Gasteiger partial charge in [0.1, 0.15) is 5.65 Å². The highest BCUT2D eigenvalue weighted by atomic mass is 79.9. The van der Waals surface area contributed by atoms with E-state index in [1.807, 2.05) is 6.07 Å². The molecule has 100 valence electrons. The summed E-state index contributed by atoms with van der Waals surface area (Å²) in [7, 11) is 0. The summed E-state index contributed by atoms with van der Waals surface area (Å²) in [6.45, 7) is 0. The quantitative estimate of drug-likeness (QED) is 0.655. The van der Waals surface area contributed by atoms with Gasteiger partial charge in [-0.3, -0.25) is 4.79 Å². The number of aromatic nitrogens is 2. The van der Waals surface area contributed by atoms with Crippen LogP contribution in [0.3, 0.4) is 0 Å². The first kappa shape index (κ1) is 13.6. The number of benzene rings is 1. The van der Waals surface area contributed by atoms with Crippen molar-refractivity contribution in [3.05, 3.63) is 62.3 Å². The molecule has 0 spiro atoms. The van der Waals surface area contributed by atoms with E-state index in [1.54, 1.807) is 30.6 Å². The van der Waals surface area contributed by atoms with Crippen LogP contribution in [0.15, 0.2) is 41.1 Å². The van der Waals surface area contributed by atoms with Crippen LogP contribution >= 0.6 is 39.1 Å². The van der Waals surface area contributed by atoms with Crippen LogP contribution in [-0.2, 0) is 0 Å². The average molecular weight is 370 g/mol. The maximum atomic E-state index is 12.6. The molecular weight excluding hydrogens is 363 g/mol. The lowest BCUT2D eigenvalue weighted by molar-refractivity contribution is 0.104. The maximum absolute atomic E-state index is 12.6. The summed E-state index contributed by atoms with van der Waals surface area (Å²) in [6, 6.07) is 6.66. The molecule has 3 aromatic rings. The van der Waals surface area contributed by atoms with Crippen molar-refractivity contribution < 1.29 is 4.79 Å². The van der Waals surface area contributed by atoms with Crippen LogP contribution in [0, 0.1) is 0 Å². The van der Waals surface area contributed by atoms with Crippen molar-refractivity contribution in [1.29, 1.82) is 0 Å². The molecular formula is C14H7BrCl2N2O. The maximum Gasteiger partial charge on any atom is 0.196 e. The molecule has 0 aliphatic rings. The summed E-state index contributed by atoms with van der Waals surface area (Å²) in [5, 5.41) is 1.58. The van der Waals surface area contributed by atoms with E-state index in [0.717, 1.165) is 9.86 Å². The Bertz CT molecular complexity index is 829. The number of carbonyl (C=O) groups is 1. The molecule has 20 heavy (non-hydrogen) atoms. The highest BCUT2D eigenvalue weighted by Crippen LogP contribution is 2.27. The van der Waals surface area contributed by atoms with Crippen LogP contribution in [0.5, 0.6) is 0 Å². The largest absolute Gasteiger partial charge is 0.345 e. The monoisotopic (exact) mass is 368 g/mol. The molecule has 0 unspecified atom stereocenters. The van der Waals surface area contributed by atoms with Crippen molar-refractivity contribution in [2.24, 2.45) is 0 Å². The number of nitrogens with zero attached hydrogens (tertiary/aromatic N) is 1. The predicted molar refractivity (Wildman–Crippen MR) is 83.7 cm³/mol. The van der Waals surface area contributed by atoms with E-state index < -0.39 is 0 Å². The lowest BCUT2D eigenvalue weighted by Gasteiger charge is -2.03. The molecule has 2 heterocycles. The Morgan fingerprint density at radius 3 is 2.80 bits per heavy atom. The number of pyridine rings is 1. The number of rotatable bonds is 2. The highest BCUT2D eigenvalue weighted by molar-refractivity contribution is 9.10. The first-order valence-electron chi connectivity index (χ1n) is 5.68. The second-order valence-electron chi connectivity index (χ2n) is 4.21. The second kappa shape index (κ2) is 5.20. The first-order valence-corrected chi connectivity index (χ1v) is 7.23. The summed E-state index contributed by atoms with van der Waals surface area (Å²) in [6.07, 6.45) is 3.29. The van der Waals surface area contributed by atoms with E-state index in [1.165, 1.54) is 0 Å². The van der Waals surface area contributed by atoms with Crippen molar-refractivity contribution in [2.45, 2.75) is 0 Å². The summed E-state index contributed by atoms with van der Waals surface area (Å²) in [5.41, 5.74) is 1.53. The number of fused-ring (bicyclic) bond motifs is 1. The number of hydrogen-bond acceptors (Lipinski definition) is 2. The minimum absolute atomic E-state index is 0.191. The first-order chi connectivity index (χ1) is 9.56. The topological polar surface area (TPSA) is 45.8 Å². The fourth-order valence-corrected chi connectivity index (χ4v) is 2.69. The summed E-state index contributed by atoms with van der Waals surface area (Å²) >= 11 is 15.4. The zero-order chi connectivity index (χ0) is 14.3. The van der Waals surface area contributed by atoms with Crippen LogP contribution in [0.25, 0.3) is 11.0 Å². The summed E-state index contributed by atoms with van der Waals surface area (Å²) < 4.78 is 0.802. The van der Waals surface area contributed by atoms with Crippen LogP contribution in [0.1, 0.15) is 15.9 Å². The molecule has 3 nitrogen and oxygen atoms in total. The molecule has 0 saturated carbocycles. The SMILES string of the molecule is O=C(c1cc(Cl)ccc1Cl)c1c[nH]c2ncc(Br)cc12. The van der Waals surface area contributed by atoms with Gasteiger partial charge in [-0.05, 0) is 40.2 Å². The Balaban J connectivity index is 2.17. The zero-order valence-corrected chi connectivity index (χ0v) is 13.1. The molecule has 3 rings (SSSR count). The Labute approximate surface area is 133 Å². The molecule has 1 aromatic carbocycles. The molecule has 0 radical (unpaired) electrons. The third-order valence-corrected chi connectivity index (χ3v) is 3.91. The Hall–Kier alpha value is -1.36. The number of carbonyl (C=O) groups excluding carboxylic acids is 1. The molecule has 0 fully saturated rings. The summed E-state index contributed by atoms with van der Waals surface area (Å²) in [5.74, 6) is -0.191. The number of nitrogens with one attached hydrogen (secondary N) is 1. The number of halogens is 3. The number of hydrogen-bond donors (Lipinski definition) is 1. The molecule has 0 amide bonds. The van der Waals surface area contributed by atoms with Crippen LogP contribution < -0.4 is 0 Å². The van der Waals surface area contributed by atoms with E-state index in [-0.39, 0.29) is 5.78 Å². The third-order valence-electron chi connectivity index (χ3n) is 2.92. The van der Waals surface area contributed by atoms with Crippen molar-refractivity contribution in [3.8, 4) is 0 Å². The fourth-order valence-electron chi connectivity index (χ4n) is 1.98. The normalized spacial score (nSPS) is 10.9. The number of aromatic amines is 1. The van der Waals surface area contributed by atoms with Gasteiger partial charge in [-0.15, -0.1) is 0 Å². The molecule has 0 bridgehead atoms.